The van der Waals surface area contributed by atoms with Gasteiger partial charge in [0.1, 0.15) is 12.4 Å². The summed E-state index contributed by atoms with van der Waals surface area (Å²) >= 11 is 0. The predicted molar refractivity (Wildman–Crippen MR) is 95.1 cm³/mol. The fourth-order valence-corrected chi connectivity index (χ4v) is 1.67. The van der Waals surface area contributed by atoms with E-state index in [1.165, 1.54) is 0 Å². The summed E-state index contributed by atoms with van der Waals surface area (Å²) in [6.45, 7) is 2.52. The number of ether oxygens (including phenoxy) is 1. The van der Waals surface area contributed by atoms with Crippen LogP contribution in [0.1, 0.15) is 18.4 Å². The zero-order valence-corrected chi connectivity index (χ0v) is 14.8. The largest absolute Gasteiger partial charge is 0.492 e. The van der Waals surface area contributed by atoms with Crippen molar-refractivity contribution in [2.45, 2.75) is 19.4 Å². The number of nitrogens with two attached hydrogens (primary N) is 1. The molecule has 128 valence electrons. The number of nitrogens with one attached hydrogen (secondary N) is 1. The molecule has 0 fully saturated rings. The summed E-state index contributed by atoms with van der Waals surface area (Å²) in [6, 6.07) is 7.77. The molecule has 0 aliphatic carbocycles. The van der Waals surface area contributed by atoms with Gasteiger partial charge < -0.3 is 20.7 Å². The second-order valence-electron chi connectivity index (χ2n) is 4.93. The van der Waals surface area contributed by atoms with E-state index < -0.39 is 0 Å². The number of rotatable bonds is 9. The van der Waals surface area contributed by atoms with Gasteiger partial charge in [0.15, 0.2) is 0 Å². The van der Waals surface area contributed by atoms with E-state index in [0.29, 0.717) is 32.5 Å². The number of likely N-dealkylation sites (N-methyl/N-ethyl adjacent to an activating group) is 1. The number of carbonyl (C=O) groups excluding carboxylic acids is 1. The summed E-state index contributed by atoms with van der Waals surface area (Å²) in [5.41, 5.74) is 6.38. The Bertz CT molecular complexity index is 418. The van der Waals surface area contributed by atoms with Crippen LogP contribution in [-0.4, -0.2) is 44.6 Å². The van der Waals surface area contributed by atoms with Gasteiger partial charge >= 0.3 is 0 Å². The molecule has 3 N–H and O–H groups in total. The molecule has 0 spiro atoms. The van der Waals surface area contributed by atoms with Crippen LogP contribution in [0.3, 0.4) is 0 Å². The van der Waals surface area contributed by atoms with Gasteiger partial charge in [-0.3, -0.25) is 4.79 Å². The molecule has 0 unspecified atom stereocenters. The SMILES string of the molecule is CN(C)CCOc1ccccc1CNC(=O)CCCN.Cl.Cl. The molecular formula is C15H27Cl2N3O2. The number of para-hydroxylation sites is 1. The number of halogens is 2. The molecule has 1 aromatic rings. The fraction of sp³-hybridized carbons (Fsp3) is 0.533. The summed E-state index contributed by atoms with van der Waals surface area (Å²) in [7, 11) is 4.01. The van der Waals surface area contributed by atoms with E-state index in [1.807, 2.05) is 38.4 Å². The van der Waals surface area contributed by atoms with Crippen molar-refractivity contribution in [2.24, 2.45) is 5.73 Å². The van der Waals surface area contributed by atoms with E-state index in [2.05, 4.69) is 10.2 Å². The smallest absolute Gasteiger partial charge is 0.220 e. The van der Waals surface area contributed by atoms with Crippen molar-refractivity contribution in [3.05, 3.63) is 29.8 Å². The van der Waals surface area contributed by atoms with Gasteiger partial charge in [-0.25, -0.2) is 0 Å². The minimum atomic E-state index is 0. The van der Waals surface area contributed by atoms with E-state index >= 15 is 0 Å². The highest BCUT2D eigenvalue weighted by Gasteiger charge is 2.05. The molecule has 0 saturated carbocycles. The molecule has 0 saturated heterocycles. The minimum absolute atomic E-state index is 0. The van der Waals surface area contributed by atoms with Crippen LogP contribution in [-0.2, 0) is 11.3 Å². The van der Waals surface area contributed by atoms with Crippen molar-refractivity contribution in [3.63, 3.8) is 0 Å². The molecule has 0 heterocycles. The van der Waals surface area contributed by atoms with Crippen LogP contribution in [0.5, 0.6) is 5.75 Å². The monoisotopic (exact) mass is 351 g/mol. The molecule has 7 heteroatoms. The van der Waals surface area contributed by atoms with Crippen LogP contribution < -0.4 is 15.8 Å². The van der Waals surface area contributed by atoms with Gasteiger partial charge in [0.05, 0.1) is 0 Å². The Morgan fingerprint density at radius 1 is 1.27 bits per heavy atom. The maximum absolute atomic E-state index is 11.6. The summed E-state index contributed by atoms with van der Waals surface area (Å²) in [4.78, 5) is 13.6. The van der Waals surface area contributed by atoms with Crippen LogP contribution in [0.25, 0.3) is 0 Å². The first-order valence-corrected chi connectivity index (χ1v) is 6.95. The molecule has 0 aliphatic rings. The average molecular weight is 352 g/mol. The van der Waals surface area contributed by atoms with Crippen LogP contribution in [0.4, 0.5) is 0 Å². The summed E-state index contributed by atoms with van der Waals surface area (Å²) in [5.74, 6) is 0.854. The summed E-state index contributed by atoms with van der Waals surface area (Å²) in [6.07, 6.45) is 1.19. The normalized spacial score (nSPS) is 9.64. The fourth-order valence-electron chi connectivity index (χ4n) is 1.67. The Balaban J connectivity index is 0. The highest BCUT2D eigenvalue weighted by Crippen LogP contribution is 2.17. The molecule has 0 bridgehead atoms. The lowest BCUT2D eigenvalue weighted by atomic mass is 10.2. The van der Waals surface area contributed by atoms with Crippen LogP contribution in [0.15, 0.2) is 24.3 Å². The summed E-state index contributed by atoms with van der Waals surface area (Å²) < 4.78 is 5.75. The topological polar surface area (TPSA) is 67.6 Å². The number of hydrogen-bond donors (Lipinski definition) is 2. The van der Waals surface area contributed by atoms with Gasteiger partial charge in [-0.15, -0.1) is 24.8 Å². The molecule has 0 radical (unpaired) electrons. The van der Waals surface area contributed by atoms with Gasteiger partial charge in [0, 0.05) is 25.1 Å². The third-order valence-electron chi connectivity index (χ3n) is 2.85. The van der Waals surface area contributed by atoms with E-state index in [4.69, 9.17) is 10.5 Å². The second-order valence-corrected chi connectivity index (χ2v) is 4.93. The van der Waals surface area contributed by atoms with Gasteiger partial charge in [-0.05, 0) is 33.1 Å². The van der Waals surface area contributed by atoms with Gasteiger partial charge in [-0.2, -0.15) is 0 Å². The molecule has 22 heavy (non-hydrogen) atoms. The van der Waals surface area contributed by atoms with Crippen molar-refractivity contribution < 1.29 is 9.53 Å². The maximum atomic E-state index is 11.6. The van der Waals surface area contributed by atoms with E-state index in [9.17, 15) is 4.79 Å². The Morgan fingerprint density at radius 3 is 2.59 bits per heavy atom. The van der Waals surface area contributed by atoms with E-state index in [-0.39, 0.29) is 30.7 Å². The first kappa shape index (κ1) is 23.3. The second kappa shape index (κ2) is 13.6. The van der Waals surface area contributed by atoms with Gasteiger partial charge in [0.2, 0.25) is 5.91 Å². The Kier molecular flexibility index (Phi) is 14.4. The van der Waals surface area contributed by atoms with Crippen molar-refractivity contribution >= 4 is 30.7 Å². The first-order valence-electron chi connectivity index (χ1n) is 6.95. The number of benzene rings is 1. The average Bonchev–Trinajstić information content (AvgIpc) is 2.43. The Hall–Kier alpha value is -1.01. The third-order valence-corrected chi connectivity index (χ3v) is 2.85. The van der Waals surface area contributed by atoms with Crippen LogP contribution in [0.2, 0.25) is 0 Å². The number of carbonyl (C=O) groups is 1. The quantitative estimate of drug-likeness (QED) is 0.712. The Morgan fingerprint density at radius 2 is 1.95 bits per heavy atom. The highest BCUT2D eigenvalue weighted by atomic mass is 35.5. The number of hydrogen-bond acceptors (Lipinski definition) is 4. The predicted octanol–water partition coefficient (Wildman–Crippen LogP) is 1.83. The molecular weight excluding hydrogens is 325 g/mol. The van der Waals surface area contributed by atoms with E-state index in [0.717, 1.165) is 17.9 Å². The van der Waals surface area contributed by atoms with Crippen LogP contribution >= 0.6 is 24.8 Å². The lowest BCUT2D eigenvalue weighted by molar-refractivity contribution is -0.121. The molecule has 1 amide bonds. The zero-order chi connectivity index (χ0) is 14.8. The maximum Gasteiger partial charge on any atom is 0.220 e. The molecule has 0 aliphatic heterocycles. The van der Waals surface area contributed by atoms with Gasteiger partial charge in [0.25, 0.3) is 0 Å². The molecule has 1 aromatic carbocycles. The number of amides is 1. The molecule has 5 nitrogen and oxygen atoms in total. The van der Waals surface area contributed by atoms with Crippen molar-refractivity contribution in [1.82, 2.24) is 10.2 Å². The summed E-state index contributed by atoms with van der Waals surface area (Å²) in [5, 5.41) is 2.89. The zero-order valence-electron chi connectivity index (χ0n) is 13.2. The lowest BCUT2D eigenvalue weighted by Gasteiger charge is -2.14. The minimum Gasteiger partial charge on any atom is -0.492 e. The lowest BCUT2D eigenvalue weighted by Crippen LogP contribution is -2.24. The molecule has 1 rings (SSSR count). The Labute approximate surface area is 145 Å². The van der Waals surface area contributed by atoms with Crippen LogP contribution in [0, 0.1) is 0 Å². The van der Waals surface area contributed by atoms with Crippen molar-refractivity contribution in [3.8, 4) is 5.75 Å². The van der Waals surface area contributed by atoms with E-state index in [1.54, 1.807) is 0 Å². The molecule has 0 aromatic heterocycles. The third kappa shape index (κ3) is 9.84. The highest BCUT2D eigenvalue weighted by molar-refractivity contribution is 5.85. The molecule has 0 atom stereocenters. The first-order chi connectivity index (χ1) is 9.63. The number of nitrogens with zero attached hydrogens (tertiary/aromatic N) is 1. The van der Waals surface area contributed by atoms with Gasteiger partial charge in [-0.1, -0.05) is 18.2 Å². The standard InChI is InChI=1S/C15H25N3O2.2ClH/c1-18(2)10-11-20-14-7-4-3-6-13(14)12-17-15(19)8-5-9-16;;/h3-4,6-7H,5,8-12,16H2,1-2H3,(H,17,19);2*1H. The van der Waals surface area contributed by atoms with Crippen molar-refractivity contribution in [1.29, 1.82) is 0 Å². The van der Waals surface area contributed by atoms with Crippen molar-refractivity contribution in [2.75, 3.05) is 33.8 Å².